The van der Waals surface area contributed by atoms with Gasteiger partial charge in [-0.2, -0.15) is 0 Å². The van der Waals surface area contributed by atoms with Gasteiger partial charge in [-0.05, 0) is 55.8 Å². The Balaban J connectivity index is 1.56. The normalized spacial score (nSPS) is 14.8. The van der Waals surface area contributed by atoms with E-state index in [2.05, 4.69) is 65.2 Å². The van der Waals surface area contributed by atoms with Crippen molar-refractivity contribution in [2.75, 3.05) is 63.1 Å². The topological polar surface area (TPSA) is 55.9 Å². The second-order valence-electron chi connectivity index (χ2n) is 9.69. The molecule has 2 aromatic rings. The van der Waals surface area contributed by atoms with Gasteiger partial charge in [-0.25, -0.2) is 0 Å². The van der Waals surface area contributed by atoms with Gasteiger partial charge in [0.05, 0.1) is 6.54 Å². The molecule has 1 aliphatic rings. The molecule has 0 atom stereocenters. The molecule has 0 radical (unpaired) electrons. The van der Waals surface area contributed by atoms with Crippen LogP contribution in [-0.2, 0) is 4.79 Å². The predicted octanol–water partition coefficient (Wildman–Crippen LogP) is 5.18. The van der Waals surface area contributed by atoms with E-state index in [0.29, 0.717) is 17.8 Å². The quantitative estimate of drug-likeness (QED) is 0.310. The Morgan fingerprint density at radius 1 is 0.944 bits per heavy atom. The molecule has 1 heterocycles. The molecule has 0 bridgehead atoms. The molecule has 194 valence electrons. The average molecular weight is 491 g/mol. The van der Waals surface area contributed by atoms with Crippen molar-refractivity contribution in [2.24, 2.45) is 0 Å². The summed E-state index contributed by atoms with van der Waals surface area (Å²) in [6.07, 6.45) is 8.21. The summed E-state index contributed by atoms with van der Waals surface area (Å²) in [6.45, 7) is 10.7. The van der Waals surface area contributed by atoms with Crippen molar-refractivity contribution >= 4 is 29.1 Å². The number of ketones is 1. The predicted molar refractivity (Wildman–Crippen MR) is 151 cm³/mol. The number of amides is 1. The lowest BCUT2D eigenvalue weighted by Gasteiger charge is -2.31. The van der Waals surface area contributed by atoms with E-state index < -0.39 is 0 Å². The second-order valence-corrected chi connectivity index (χ2v) is 9.69. The molecule has 0 spiro atoms. The maximum absolute atomic E-state index is 12.8. The molecule has 0 saturated carbocycles. The molecular weight excluding hydrogens is 448 g/mol. The number of hydrogen-bond donors (Lipinski definition) is 1. The number of anilines is 2. The Bertz CT molecular complexity index is 986. The largest absolute Gasteiger partial charge is 0.372 e. The van der Waals surface area contributed by atoms with Gasteiger partial charge in [-0.1, -0.05) is 57.0 Å². The molecule has 36 heavy (non-hydrogen) atoms. The van der Waals surface area contributed by atoms with E-state index in [-0.39, 0.29) is 11.7 Å². The molecule has 1 N–H and O–H groups in total. The zero-order chi connectivity index (χ0) is 25.8. The number of nitrogens with one attached hydrogen (secondary N) is 1. The highest BCUT2D eigenvalue weighted by molar-refractivity contribution is 6.07. The number of carbonyl (C=O) groups excluding carboxylic acids is 2. The van der Waals surface area contributed by atoms with Gasteiger partial charge < -0.3 is 15.1 Å². The van der Waals surface area contributed by atoms with E-state index in [4.69, 9.17) is 0 Å². The SMILES string of the molecule is CCCCN(CCCC)c1ccc(/C=C/C(=O)c2cccc(NC(=O)CN3CCN(C)CC3)c2)cc1. The summed E-state index contributed by atoms with van der Waals surface area (Å²) >= 11 is 0. The lowest BCUT2D eigenvalue weighted by molar-refractivity contribution is -0.117. The number of benzene rings is 2. The highest BCUT2D eigenvalue weighted by Crippen LogP contribution is 2.18. The summed E-state index contributed by atoms with van der Waals surface area (Å²) in [7, 11) is 2.10. The monoisotopic (exact) mass is 490 g/mol. The summed E-state index contributed by atoms with van der Waals surface area (Å²) in [4.78, 5) is 32.1. The smallest absolute Gasteiger partial charge is 0.238 e. The summed E-state index contributed by atoms with van der Waals surface area (Å²) in [5.41, 5.74) is 3.44. The molecule has 0 aromatic heterocycles. The Hall–Kier alpha value is -2.96. The lowest BCUT2D eigenvalue weighted by atomic mass is 10.1. The molecular formula is C30H42N4O2. The van der Waals surface area contributed by atoms with Gasteiger partial charge >= 0.3 is 0 Å². The van der Waals surface area contributed by atoms with Gasteiger partial charge in [0, 0.05) is 56.2 Å². The van der Waals surface area contributed by atoms with Crippen LogP contribution in [-0.4, -0.2) is 74.4 Å². The maximum Gasteiger partial charge on any atom is 0.238 e. The Kier molecular flexibility index (Phi) is 11.2. The standard InChI is InChI=1S/C30H42N4O2/c1-4-6-17-34(18-7-5-2)28-14-11-25(12-15-28)13-16-29(35)26-9-8-10-27(23-26)31-30(36)24-33-21-19-32(3)20-22-33/h8-16,23H,4-7,17-22,24H2,1-3H3,(H,31,36)/b16-13+. The minimum Gasteiger partial charge on any atom is -0.372 e. The molecule has 1 fully saturated rings. The van der Waals surface area contributed by atoms with Crippen LogP contribution in [0.4, 0.5) is 11.4 Å². The second kappa shape index (κ2) is 14.6. The van der Waals surface area contributed by atoms with Crippen molar-refractivity contribution in [3.63, 3.8) is 0 Å². The maximum atomic E-state index is 12.8. The van der Waals surface area contributed by atoms with E-state index in [1.54, 1.807) is 18.2 Å². The lowest BCUT2D eigenvalue weighted by Crippen LogP contribution is -2.47. The van der Waals surface area contributed by atoms with Gasteiger partial charge in [-0.15, -0.1) is 0 Å². The number of piperazine rings is 1. The van der Waals surface area contributed by atoms with E-state index in [1.165, 1.54) is 31.4 Å². The van der Waals surface area contributed by atoms with Crippen molar-refractivity contribution in [1.82, 2.24) is 9.80 Å². The third-order valence-electron chi connectivity index (χ3n) is 6.64. The van der Waals surface area contributed by atoms with Crippen molar-refractivity contribution in [3.05, 3.63) is 65.7 Å². The Labute approximate surface area is 217 Å². The van der Waals surface area contributed by atoms with Crippen LogP contribution < -0.4 is 10.2 Å². The van der Waals surface area contributed by atoms with E-state index in [0.717, 1.165) is 44.8 Å². The first-order valence-corrected chi connectivity index (χ1v) is 13.4. The fourth-order valence-corrected chi connectivity index (χ4v) is 4.29. The molecule has 3 rings (SSSR count). The molecule has 2 aromatic carbocycles. The van der Waals surface area contributed by atoms with Crippen LogP contribution in [0.15, 0.2) is 54.6 Å². The third-order valence-corrected chi connectivity index (χ3v) is 6.64. The number of nitrogens with zero attached hydrogens (tertiary/aromatic N) is 3. The van der Waals surface area contributed by atoms with Crippen molar-refractivity contribution in [3.8, 4) is 0 Å². The first-order chi connectivity index (χ1) is 17.5. The van der Waals surface area contributed by atoms with Crippen LogP contribution in [0.3, 0.4) is 0 Å². The van der Waals surface area contributed by atoms with Crippen molar-refractivity contribution in [1.29, 1.82) is 0 Å². The first kappa shape index (κ1) is 27.6. The van der Waals surface area contributed by atoms with Gasteiger partial charge in [0.25, 0.3) is 0 Å². The zero-order valence-electron chi connectivity index (χ0n) is 22.2. The number of carbonyl (C=O) groups is 2. The third kappa shape index (κ3) is 8.92. The number of rotatable bonds is 13. The number of hydrogen-bond acceptors (Lipinski definition) is 5. The summed E-state index contributed by atoms with van der Waals surface area (Å²) in [5, 5.41) is 2.94. The number of likely N-dealkylation sites (N-methyl/N-ethyl adjacent to an activating group) is 1. The molecule has 0 aliphatic carbocycles. The summed E-state index contributed by atoms with van der Waals surface area (Å²) in [6, 6.07) is 15.6. The van der Waals surface area contributed by atoms with Gasteiger partial charge in [-0.3, -0.25) is 14.5 Å². The highest BCUT2D eigenvalue weighted by atomic mass is 16.2. The average Bonchev–Trinajstić information content (AvgIpc) is 2.89. The number of unbranched alkanes of at least 4 members (excludes halogenated alkanes) is 2. The Morgan fingerprint density at radius 2 is 1.61 bits per heavy atom. The van der Waals surface area contributed by atoms with Crippen LogP contribution in [0, 0.1) is 0 Å². The molecule has 6 nitrogen and oxygen atoms in total. The van der Waals surface area contributed by atoms with E-state index in [9.17, 15) is 9.59 Å². The van der Waals surface area contributed by atoms with Crippen LogP contribution in [0.2, 0.25) is 0 Å². The van der Waals surface area contributed by atoms with E-state index in [1.807, 2.05) is 18.2 Å². The number of allylic oxidation sites excluding steroid dienone is 1. The van der Waals surface area contributed by atoms with Crippen LogP contribution in [0.5, 0.6) is 0 Å². The summed E-state index contributed by atoms with van der Waals surface area (Å²) < 4.78 is 0. The van der Waals surface area contributed by atoms with Crippen LogP contribution >= 0.6 is 0 Å². The minimum atomic E-state index is -0.0817. The zero-order valence-corrected chi connectivity index (χ0v) is 22.2. The molecule has 0 unspecified atom stereocenters. The molecule has 1 saturated heterocycles. The van der Waals surface area contributed by atoms with Gasteiger partial charge in [0.2, 0.25) is 5.91 Å². The van der Waals surface area contributed by atoms with E-state index >= 15 is 0 Å². The fraction of sp³-hybridized carbons (Fsp3) is 0.467. The highest BCUT2D eigenvalue weighted by Gasteiger charge is 2.16. The molecule has 1 aliphatic heterocycles. The molecule has 1 amide bonds. The van der Waals surface area contributed by atoms with Gasteiger partial charge in [0.15, 0.2) is 5.78 Å². The Morgan fingerprint density at radius 3 is 2.25 bits per heavy atom. The first-order valence-electron chi connectivity index (χ1n) is 13.4. The fourth-order valence-electron chi connectivity index (χ4n) is 4.29. The molecule has 6 heteroatoms. The van der Waals surface area contributed by atoms with Crippen molar-refractivity contribution < 1.29 is 9.59 Å². The van der Waals surface area contributed by atoms with Crippen LogP contribution in [0.25, 0.3) is 6.08 Å². The van der Waals surface area contributed by atoms with Crippen LogP contribution in [0.1, 0.15) is 55.5 Å². The van der Waals surface area contributed by atoms with Gasteiger partial charge in [0.1, 0.15) is 0 Å². The summed E-state index contributed by atoms with van der Waals surface area (Å²) in [5.74, 6) is -0.131. The minimum absolute atomic E-state index is 0.0494. The van der Waals surface area contributed by atoms with Crippen molar-refractivity contribution in [2.45, 2.75) is 39.5 Å².